The Morgan fingerprint density at radius 2 is 2.06 bits per heavy atom. The lowest BCUT2D eigenvalue weighted by molar-refractivity contribution is 0.256. The number of aryl methyl sites for hydroxylation is 1. The smallest absolute Gasteiger partial charge is 0.326 e. The zero-order chi connectivity index (χ0) is 21.6. The Morgan fingerprint density at radius 1 is 1.23 bits per heavy atom. The van der Waals surface area contributed by atoms with Crippen LogP contribution >= 0.6 is 23.6 Å². The summed E-state index contributed by atoms with van der Waals surface area (Å²) in [6.07, 6.45) is 2.25. The number of fused-ring (bicyclic) bond motifs is 1. The number of hydrogen-bond acceptors (Lipinski definition) is 7. The number of thiazole rings is 1. The third-order valence-electron chi connectivity index (χ3n) is 4.65. The number of rotatable bonds is 7. The van der Waals surface area contributed by atoms with Gasteiger partial charge in [0.15, 0.2) is 9.78 Å². The number of amides is 2. The highest BCUT2D eigenvalue weighted by Gasteiger charge is 2.17. The molecule has 0 fully saturated rings. The molecule has 0 saturated heterocycles. The number of urea groups is 1. The predicted molar refractivity (Wildman–Crippen MR) is 122 cm³/mol. The highest BCUT2D eigenvalue weighted by atomic mass is 32.1. The zero-order valence-electron chi connectivity index (χ0n) is 16.3. The van der Waals surface area contributed by atoms with Crippen molar-refractivity contribution in [3.05, 3.63) is 57.8 Å². The van der Waals surface area contributed by atoms with Crippen LogP contribution in [0.1, 0.15) is 24.2 Å². The molecule has 2 amide bonds. The second kappa shape index (κ2) is 9.46. The number of nitriles is 1. The van der Waals surface area contributed by atoms with E-state index in [1.54, 1.807) is 29.2 Å². The Hall–Kier alpha value is -3.62. The number of nitrogens with zero attached hydrogens (tertiary/aromatic N) is 5. The van der Waals surface area contributed by atoms with Crippen molar-refractivity contribution in [2.45, 2.75) is 19.3 Å². The van der Waals surface area contributed by atoms with Crippen LogP contribution in [-0.4, -0.2) is 38.2 Å². The van der Waals surface area contributed by atoms with Crippen molar-refractivity contribution in [2.24, 2.45) is 0 Å². The topological polar surface area (TPSA) is 126 Å². The molecule has 0 unspecified atom stereocenters. The van der Waals surface area contributed by atoms with Gasteiger partial charge in [-0.3, -0.25) is 4.90 Å². The van der Waals surface area contributed by atoms with Crippen LogP contribution in [0.3, 0.4) is 0 Å². The van der Waals surface area contributed by atoms with E-state index in [9.17, 15) is 4.79 Å². The minimum atomic E-state index is -0.247. The number of nitrogens with one attached hydrogen (secondary N) is 3. The van der Waals surface area contributed by atoms with Crippen LogP contribution in [-0.2, 0) is 6.42 Å². The van der Waals surface area contributed by atoms with Gasteiger partial charge in [0.05, 0.1) is 21.8 Å². The summed E-state index contributed by atoms with van der Waals surface area (Å²) in [5.74, 6) is 0.655. The molecule has 0 saturated carbocycles. The first-order valence-corrected chi connectivity index (χ1v) is 10.8. The standard InChI is InChI=1S/C20H18N8OS2/c21-12-13-4-6-14(7-5-13)22-19(29)28(10-2-1-3-18-24-26-27-25-18)15-8-9-16-17(11-15)31-20(30)23-16/h4-9,11H,1-3,10H2,(H,22,29)(H,23,30)(H,24,25,26,27). The Bertz CT molecular complexity index is 1270. The molecule has 3 N–H and O–H groups in total. The lowest BCUT2D eigenvalue weighted by Crippen LogP contribution is -2.35. The molecule has 0 atom stereocenters. The molecule has 9 nitrogen and oxygen atoms in total. The maximum Gasteiger partial charge on any atom is 0.326 e. The number of aromatic nitrogens is 5. The van der Waals surface area contributed by atoms with Crippen molar-refractivity contribution in [2.75, 3.05) is 16.8 Å². The molecule has 156 valence electrons. The van der Waals surface area contributed by atoms with Crippen LogP contribution < -0.4 is 10.2 Å². The van der Waals surface area contributed by atoms with Crippen LogP contribution in [0.25, 0.3) is 10.2 Å². The first-order valence-electron chi connectivity index (χ1n) is 9.56. The Balaban J connectivity index is 1.51. The van der Waals surface area contributed by atoms with Gasteiger partial charge in [-0.05, 0) is 67.5 Å². The van der Waals surface area contributed by atoms with Gasteiger partial charge in [0.2, 0.25) is 0 Å². The van der Waals surface area contributed by atoms with E-state index in [-0.39, 0.29) is 6.03 Å². The number of aromatic amines is 2. The molecular formula is C20H18N8OS2. The lowest BCUT2D eigenvalue weighted by Gasteiger charge is -2.23. The third-order valence-corrected chi connectivity index (χ3v) is 5.85. The minimum Gasteiger partial charge on any atom is -0.337 e. The van der Waals surface area contributed by atoms with E-state index >= 15 is 0 Å². The zero-order valence-corrected chi connectivity index (χ0v) is 18.0. The highest BCUT2D eigenvalue weighted by molar-refractivity contribution is 7.73. The number of H-pyrrole nitrogens is 2. The summed E-state index contributed by atoms with van der Waals surface area (Å²) < 4.78 is 1.69. The SMILES string of the molecule is N#Cc1ccc(NC(=O)N(CCCCc2nn[nH]n2)c2ccc3[nH]c(=S)sc3c2)cc1. The summed E-state index contributed by atoms with van der Waals surface area (Å²) >= 11 is 6.71. The molecule has 0 radical (unpaired) electrons. The Labute approximate surface area is 186 Å². The second-order valence-electron chi connectivity index (χ2n) is 6.75. The van der Waals surface area contributed by atoms with Gasteiger partial charge in [-0.1, -0.05) is 5.21 Å². The van der Waals surface area contributed by atoms with Crippen LogP contribution in [0.4, 0.5) is 16.2 Å². The number of anilines is 2. The van der Waals surface area contributed by atoms with Crippen molar-refractivity contribution in [3.63, 3.8) is 0 Å². The summed E-state index contributed by atoms with van der Waals surface area (Å²) in [5, 5.41) is 25.8. The molecule has 0 bridgehead atoms. The fraction of sp³-hybridized carbons (Fsp3) is 0.200. The number of carbonyl (C=O) groups excluding carboxylic acids is 1. The van der Waals surface area contributed by atoms with E-state index < -0.39 is 0 Å². The molecule has 2 heterocycles. The normalized spacial score (nSPS) is 10.7. The quantitative estimate of drug-likeness (QED) is 0.283. The maximum atomic E-state index is 13.1. The van der Waals surface area contributed by atoms with Crippen molar-refractivity contribution < 1.29 is 4.79 Å². The highest BCUT2D eigenvalue weighted by Crippen LogP contribution is 2.26. The predicted octanol–water partition coefficient (Wildman–Crippen LogP) is 4.41. The fourth-order valence-electron chi connectivity index (χ4n) is 3.11. The van der Waals surface area contributed by atoms with Gasteiger partial charge in [-0.2, -0.15) is 10.5 Å². The molecule has 2 aromatic heterocycles. The molecule has 31 heavy (non-hydrogen) atoms. The monoisotopic (exact) mass is 450 g/mol. The van der Waals surface area contributed by atoms with Crippen LogP contribution in [0.2, 0.25) is 0 Å². The van der Waals surface area contributed by atoms with E-state index in [0.717, 1.165) is 28.7 Å². The first-order chi connectivity index (χ1) is 15.1. The number of tetrazole rings is 1. The van der Waals surface area contributed by atoms with E-state index in [0.29, 0.717) is 34.0 Å². The van der Waals surface area contributed by atoms with E-state index in [4.69, 9.17) is 17.5 Å². The van der Waals surface area contributed by atoms with Crippen LogP contribution in [0.5, 0.6) is 0 Å². The fourth-order valence-corrected chi connectivity index (χ4v) is 4.26. The summed E-state index contributed by atoms with van der Waals surface area (Å²) in [6, 6.07) is 14.4. The lowest BCUT2D eigenvalue weighted by atomic mass is 10.2. The van der Waals surface area contributed by atoms with Crippen LogP contribution in [0, 0.1) is 15.3 Å². The summed E-state index contributed by atoms with van der Waals surface area (Å²) in [5.41, 5.74) is 2.89. The van der Waals surface area contributed by atoms with Crippen molar-refractivity contribution >= 4 is 51.2 Å². The van der Waals surface area contributed by atoms with Crippen molar-refractivity contribution in [1.82, 2.24) is 25.6 Å². The summed E-state index contributed by atoms with van der Waals surface area (Å²) in [6.45, 7) is 0.515. The largest absolute Gasteiger partial charge is 0.337 e. The number of benzene rings is 2. The van der Waals surface area contributed by atoms with Crippen LogP contribution in [0.15, 0.2) is 42.5 Å². The maximum absolute atomic E-state index is 13.1. The summed E-state index contributed by atoms with van der Waals surface area (Å²) in [4.78, 5) is 18.0. The van der Waals surface area contributed by atoms with Gasteiger partial charge in [-0.25, -0.2) is 4.79 Å². The molecular weight excluding hydrogens is 432 g/mol. The Kier molecular flexibility index (Phi) is 6.30. The van der Waals surface area contributed by atoms with E-state index in [1.165, 1.54) is 11.3 Å². The molecule has 4 aromatic rings. The number of hydrogen-bond donors (Lipinski definition) is 3. The van der Waals surface area contributed by atoms with E-state index in [2.05, 4.69) is 37.0 Å². The van der Waals surface area contributed by atoms with Crippen molar-refractivity contribution in [3.8, 4) is 6.07 Å². The third kappa shape index (κ3) is 5.11. The van der Waals surface area contributed by atoms with Gasteiger partial charge in [-0.15, -0.1) is 21.5 Å². The molecule has 0 aliphatic carbocycles. The molecule has 2 aromatic carbocycles. The van der Waals surface area contributed by atoms with Gasteiger partial charge in [0.25, 0.3) is 0 Å². The summed E-state index contributed by atoms with van der Waals surface area (Å²) in [7, 11) is 0. The van der Waals surface area contributed by atoms with Gasteiger partial charge < -0.3 is 10.3 Å². The molecule has 4 rings (SSSR count). The van der Waals surface area contributed by atoms with Crippen molar-refractivity contribution in [1.29, 1.82) is 5.26 Å². The average molecular weight is 451 g/mol. The molecule has 0 aliphatic rings. The van der Waals surface area contributed by atoms with Gasteiger partial charge >= 0.3 is 6.03 Å². The van der Waals surface area contributed by atoms with E-state index in [1.807, 2.05) is 18.2 Å². The average Bonchev–Trinajstić information content (AvgIpc) is 3.42. The molecule has 0 spiro atoms. The molecule has 11 heteroatoms. The Morgan fingerprint density at radius 3 is 2.81 bits per heavy atom. The minimum absolute atomic E-state index is 0.247. The van der Waals surface area contributed by atoms with Gasteiger partial charge in [0, 0.05) is 24.3 Å². The first kappa shape index (κ1) is 20.6. The number of unbranched alkanes of at least 4 members (excludes halogenated alkanes) is 1. The van der Waals surface area contributed by atoms with Gasteiger partial charge in [0.1, 0.15) is 0 Å². The molecule has 0 aliphatic heterocycles. The second-order valence-corrected chi connectivity index (χ2v) is 8.47. The number of carbonyl (C=O) groups is 1.